The van der Waals surface area contributed by atoms with Gasteiger partial charge in [0.05, 0.1) is 6.54 Å². The Morgan fingerprint density at radius 1 is 1.21 bits per heavy atom. The van der Waals surface area contributed by atoms with Crippen LogP contribution in [0.4, 0.5) is 17.8 Å². The van der Waals surface area contributed by atoms with Crippen LogP contribution in [0.5, 0.6) is 0 Å². The standard InChI is InChI=1S/C11H17N7O/c1-7-5-8(17-19-7)6-13-10-14-9(12-2)15-11(16-10)18(3)4/h5H,6H2,1-4H3,(H2,12,13,14,15,16). The molecule has 0 saturated carbocycles. The van der Waals surface area contributed by atoms with Gasteiger partial charge in [0.1, 0.15) is 11.5 Å². The fraction of sp³-hybridized carbons (Fsp3) is 0.455. The zero-order valence-corrected chi connectivity index (χ0v) is 11.4. The van der Waals surface area contributed by atoms with E-state index in [1.54, 1.807) is 7.05 Å². The molecule has 0 fully saturated rings. The summed E-state index contributed by atoms with van der Waals surface area (Å²) in [6, 6.07) is 1.86. The largest absolute Gasteiger partial charge is 0.361 e. The van der Waals surface area contributed by atoms with E-state index in [4.69, 9.17) is 4.52 Å². The predicted octanol–water partition coefficient (Wildman–Crippen LogP) is 0.888. The van der Waals surface area contributed by atoms with Gasteiger partial charge >= 0.3 is 0 Å². The highest BCUT2D eigenvalue weighted by Crippen LogP contribution is 2.12. The Balaban J connectivity index is 2.12. The molecule has 0 spiro atoms. The molecule has 2 rings (SSSR count). The summed E-state index contributed by atoms with van der Waals surface area (Å²) in [5.41, 5.74) is 0.801. The van der Waals surface area contributed by atoms with Crippen LogP contribution >= 0.6 is 0 Å². The third-order valence-electron chi connectivity index (χ3n) is 2.35. The lowest BCUT2D eigenvalue weighted by atomic mass is 10.4. The summed E-state index contributed by atoms with van der Waals surface area (Å²) in [4.78, 5) is 14.6. The summed E-state index contributed by atoms with van der Waals surface area (Å²) in [5, 5.41) is 9.89. The van der Waals surface area contributed by atoms with Gasteiger partial charge in [-0.1, -0.05) is 5.16 Å². The molecule has 2 N–H and O–H groups in total. The van der Waals surface area contributed by atoms with Gasteiger partial charge in [-0.3, -0.25) is 0 Å². The number of hydrogen-bond acceptors (Lipinski definition) is 8. The van der Waals surface area contributed by atoms with Crippen molar-refractivity contribution in [2.75, 3.05) is 36.7 Å². The molecular weight excluding hydrogens is 246 g/mol. The van der Waals surface area contributed by atoms with Crippen LogP contribution in [0.2, 0.25) is 0 Å². The fourth-order valence-electron chi connectivity index (χ4n) is 1.43. The summed E-state index contributed by atoms with van der Waals surface area (Å²) < 4.78 is 5.00. The molecule has 19 heavy (non-hydrogen) atoms. The van der Waals surface area contributed by atoms with E-state index >= 15 is 0 Å². The minimum Gasteiger partial charge on any atom is -0.361 e. The first-order chi connectivity index (χ1) is 9.08. The summed E-state index contributed by atoms with van der Waals surface area (Å²) in [6.07, 6.45) is 0. The molecule has 0 aliphatic heterocycles. The van der Waals surface area contributed by atoms with Gasteiger partial charge in [-0.15, -0.1) is 0 Å². The summed E-state index contributed by atoms with van der Waals surface area (Å²) in [6.45, 7) is 2.35. The van der Waals surface area contributed by atoms with Crippen LogP contribution in [-0.4, -0.2) is 41.3 Å². The van der Waals surface area contributed by atoms with Gasteiger partial charge < -0.3 is 20.1 Å². The van der Waals surface area contributed by atoms with Crippen LogP contribution < -0.4 is 15.5 Å². The van der Waals surface area contributed by atoms with Crippen LogP contribution in [-0.2, 0) is 6.54 Å². The number of anilines is 3. The Bertz CT molecular complexity index is 552. The van der Waals surface area contributed by atoms with E-state index in [0.29, 0.717) is 24.4 Å². The van der Waals surface area contributed by atoms with Gasteiger partial charge in [0.2, 0.25) is 17.8 Å². The van der Waals surface area contributed by atoms with Crippen LogP contribution in [0, 0.1) is 6.92 Å². The molecule has 0 radical (unpaired) electrons. The number of aromatic nitrogens is 4. The Hall–Kier alpha value is -2.38. The van der Waals surface area contributed by atoms with Gasteiger partial charge in [-0.25, -0.2) is 0 Å². The Labute approximate surface area is 111 Å². The fourth-order valence-corrected chi connectivity index (χ4v) is 1.43. The molecule has 0 aromatic carbocycles. The third kappa shape index (κ3) is 3.30. The molecule has 2 aromatic heterocycles. The average molecular weight is 263 g/mol. The number of nitrogens with zero attached hydrogens (tertiary/aromatic N) is 5. The van der Waals surface area contributed by atoms with Crippen LogP contribution in [0.15, 0.2) is 10.6 Å². The molecule has 0 aliphatic carbocycles. The van der Waals surface area contributed by atoms with Gasteiger partial charge in [-0.2, -0.15) is 15.0 Å². The Kier molecular flexibility index (Phi) is 3.79. The molecule has 0 unspecified atom stereocenters. The van der Waals surface area contributed by atoms with E-state index in [0.717, 1.165) is 11.5 Å². The van der Waals surface area contributed by atoms with Crippen molar-refractivity contribution >= 4 is 17.8 Å². The molecule has 2 heterocycles. The second-order valence-corrected chi connectivity index (χ2v) is 4.21. The van der Waals surface area contributed by atoms with Gasteiger partial charge in [-0.05, 0) is 6.92 Å². The molecular formula is C11H17N7O. The summed E-state index contributed by atoms with van der Waals surface area (Å²) in [7, 11) is 5.51. The monoisotopic (exact) mass is 263 g/mol. The molecule has 0 amide bonds. The smallest absolute Gasteiger partial charge is 0.231 e. The van der Waals surface area contributed by atoms with Crippen molar-refractivity contribution in [3.63, 3.8) is 0 Å². The zero-order chi connectivity index (χ0) is 13.8. The molecule has 8 heteroatoms. The van der Waals surface area contributed by atoms with Gasteiger partial charge in [0.15, 0.2) is 0 Å². The van der Waals surface area contributed by atoms with Crippen LogP contribution in [0.3, 0.4) is 0 Å². The van der Waals surface area contributed by atoms with E-state index in [1.807, 2.05) is 32.0 Å². The van der Waals surface area contributed by atoms with E-state index < -0.39 is 0 Å². The quantitative estimate of drug-likeness (QED) is 0.821. The second-order valence-electron chi connectivity index (χ2n) is 4.21. The lowest BCUT2D eigenvalue weighted by molar-refractivity contribution is 0.391. The second kappa shape index (κ2) is 5.51. The van der Waals surface area contributed by atoms with Gasteiger partial charge in [0.25, 0.3) is 0 Å². The van der Waals surface area contributed by atoms with E-state index in [9.17, 15) is 0 Å². The van der Waals surface area contributed by atoms with Crippen molar-refractivity contribution in [2.45, 2.75) is 13.5 Å². The molecule has 0 saturated heterocycles. The lowest BCUT2D eigenvalue weighted by Gasteiger charge is -2.12. The minimum atomic E-state index is 0.490. The molecule has 2 aromatic rings. The molecule has 102 valence electrons. The van der Waals surface area contributed by atoms with Crippen molar-refractivity contribution in [3.8, 4) is 0 Å². The highest BCUT2D eigenvalue weighted by molar-refractivity contribution is 5.42. The maximum Gasteiger partial charge on any atom is 0.231 e. The number of nitrogens with one attached hydrogen (secondary N) is 2. The zero-order valence-electron chi connectivity index (χ0n) is 11.4. The Morgan fingerprint density at radius 3 is 2.53 bits per heavy atom. The van der Waals surface area contributed by atoms with Crippen LogP contribution in [0.1, 0.15) is 11.5 Å². The predicted molar refractivity (Wildman–Crippen MR) is 72.3 cm³/mol. The van der Waals surface area contributed by atoms with Crippen molar-refractivity contribution in [3.05, 3.63) is 17.5 Å². The van der Waals surface area contributed by atoms with Crippen molar-refractivity contribution < 1.29 is 4.52 Å². The van der Waals surface area contributed by atoms with Crippen molar-refractivity contribution in [1.82, 2.24) is 20.1 Å². The first-order valence-electron chi connectivity index (χ1n) is 5.85. The van der Waals surface area contributed by atoms with Crippen molar-refractivity contribution in [2.24, 2.45) is 0 Å². The van der Waals surface area contributed by atoms with E-state index in [2.05, 4.69) is 30.7 Å². The highest BCUT2D eigenvalue weighted by atomic mass is 16.5. The van der Waals surface area contributed by atoms with E-state index in [-0.39, 0.29) is 0 Å². The first kappa shape index (κ1) is 13.1. The highest BCUT2D eigenvalue weighted by Gasteiger charge is 2.08. The lowest BCUT2D eigenvalue weighted by Crippen LogP contribution is -2.16. The molecule has 0 aliphatic rings. The van der Waals surface area contributed by atoms with Crippen molar-refractivity contribution in [1.29, 1.82) is 0 Å². The summed E-state index contributed by atoms with van der Waals surface area (Å²) in [5.74, 6) is 2.36. The minimum absolute atomic E-state index is 0.490. The third-order valence-corrected chi connectivity index (χ3v) is 2.35. The van der Waals surface area contributed by atoms with Gasteiger partial charge in [0, 0.05) is 27.2 Å². The average Bonchev–Trinajstić information content (AvgIpc) is 2.81. The number of hydrogen-bond donors (Lipinski definition) is 2. The molecule has 0 atom stereocenters. The van der Waals surface area contributed by atoms with E-state index in [1.165, 1.54) is 0 Å². The number of rotatable bonds is 5. The number of aryl methyl sites for hydroxylation is 1. The topological polar surface area (TPSA) is 92.0 Å². The molecule has 8 nitrogen and oxygen atoms in total. The SMILES string of the molecule is CNc1nc(NCc2cc(C)on2)nc(N(C)C)n1. The summed E-state index contributed by atoms with van der Waals surface area (Å²) >= 11 is 0. The Morgan fingerprint density at radius 2 is 1.95 bits per heavy atom. The first-order valence-corrected chi connectivity index (χ1v) is 5.85. The maximum atomic E-state index is 5.00. The normalized spacial score (nSPS) is 10.3. The maximum absolute atomic E-state index is 5.00. The molecule has 0 bridgehead atoms. The van der Waals surface area contributed by atoms with Crippen LogP contribution in [0.25, 0.3) is 0 Å².